The van der Waals surface area contributed by atoms with Gasteiger partial charge in [0.25, 0.3) is 0 Å². The monoisotopic (exact) mass is 187 g/mol. The average Bonchev–Trinajstić information content (AvgIpc) is 2.10. The molecule has 3 heteroatoms. The molecule has 0 aliphatic carbocycles. The van der Waals surface area contributed by atoms with Gasteiger partial charge in [-0.25, -0.2) is 4.39 Å². The normalized spacial score (nSPS) is 13.9. The van der Waals surface area contributed by atoms with Gasteiger partial charge in [-0.1, -0.05) is 26.8 Å². The van der Waals surface area contributed by atoms with Crippen LogP contribution >= 0.6 is 0 Å². The average molecular weight is 187 g/mol. The van der Waals surface area contributed by atoms with E-state index >= 15 is 0 Å². The van der Waals surface area contributed by atoms with Crippen LogP contribution in [0.15, 0.2) is 12.4 Å². The summed E-state index contributed by atoms with van der Waals surface area (Å²) in [5.41, 5.74) is 0. The molecule has 1 unspecified atom stereocenters. The number of nitrogens with one attached hydrogen (secondary N) is 1. The van der Waals surface area contributed by atoms with Crippen molar-refractivity contribution in [3.05, 3.63) is 12.4 Å². The molecule has 0 rings (SSSR count). The molecule has 1 N–H and O–H groups in total. The number of Topliss-reactive ketones (excluding diaryl/α,β-unsaturated/α-hetero) is 1. The molecule has 0 radical (unpaired) electrons. The molecule has 76 valence electrons. The second kappa shape index (κ2) is 6.78. The van der Waals surface area contributed by atoms with Crippen molar-refractivity contribution in [2.75, 3.05) is 0 Å². The predicted molar refractivity (Wildman–Crippen MR) is 52.2 cm³/mol. The van der Waals surface area contributed by atoms with Gasteiger partial charge in [0.15, 0.2) is 0 Å². The number of halogens is 1. The first-order valence-electron chi connectivity index (χ1n) is 4.65. The Balaban J connectivity index is 4.10. The van der Waals surface area contributed by atoms with Gasteiger partial charge in [0, 0.05) is 12.5 Å². The highest BCUT2D eigenvalue weighted by atomic mass is 19.1. The van der Waals surface area contributed by atoms with Crippen molar-refractivity contribution in [3.8, 4) is 0 Å². The minimum atomic E-state index is -0.239. The summed E-state index contributed by atoms with van der Waals surface area (Å²) < 4.78 is 11.7. The van der Waals surface area contributed by atoms with E-state index in [0.29, 0.717) is 19.2 Å². The van der Waals surface area contributed by atoms with Gasteiger partial charge in [-0.05, 0) is 6.42 Å². The van der Waals surface area contributed by atoms with Crippen LogP contribution in [0.4, 0.5) is 4.39 Å². The van der Waals surface area contributed by atoms with Crippen LogP contribution in [0.3, 0.4) is 0 Å². The van der Waals surface area contributed by atoms with Crippen molar-refractivity contribution in [1.29, 1.82) is 0 Å². The summed E-state index contributed by atoms with van der Waals surface area (Å²) in [6.45, 7) is 5.75. The second-order valence-electron chi connectivity index (χ2n) is 3.29. The van der Waals surface area contributed by atoms with E-state index in [4.69, 9.17) is 0 Å². The van der Waals surface area contributed by atoms with Gasteiger partial charge in [0.05, 0.1) is 12.4 Å². The molecule has 13 heavy (non-hydrogen) atoms. The molecule has 0 aromatic heterocycles. The molecular weight excluding hydrogens is 169 g/mol. The summed E-state index contributed by atoms with van der Waals surface area (Å²) in [5.74, 6) is 0.131. The zero-order valence-corrected chi connectivity index (χ0v) is 8.51. The Morgan fingerprint density at radius 1 is 1.54 bits per heavy atom. The molecule has 2 nitrogen and oxygen atoms in total. The Morgan fingerprint density at radius 2 is 2.15 bits per heavy atom. The number of ketones is 1. The van der Waals surface area contributed by atoms with Crippen LogP contribution in [0.5, 0.6) is 0 Å². The molecule has 0 spiro atoms. The lowest BCUT2D eigenvalue weighted by Gasteiger charge is -2.17. The number of carbonyl (C=O) groups excluding carboxylic acids is 1. The molecule has 0 saturated heterocycles. The highest BCUT2D eigenvalue weighted by molar-refractivity contribution is 5.83. The Hall–Kier alpha value is -0.700. The Bertz CT molecular complexity index is 178. The molecule has 0 saturated carbocycles. The zero-order valence-electron chi connectivity index (χ0n) is 8.51. The van der Waals surface area contributed by atoms with Crippen molar-refractivity contribution < 1.29 is 9.18 Å². The van der Waals surface area contributed by atoms with E-state index in [1.165, 1.54) is 6.08 Å². The SMILES string of the molecule is CCC(=O)C(C/C=C/F)NC(C)C. The zero-order chi connectivity index (χ0) is 10.3. The van der Waals surface area contributed by atoms with Crippen molar-refractivity contribution in [3.63, 3.8) is 0 Å². The van der Waals surface area contributed by atoms with E-state index in [-0.39, 0.29) is 17.9 Å². The van der Waals surface area contributed by atoms with Gasteiger partial charge >= 0.3 is 0 Å². The smallest absolute Gasteiger partial charge is 0.149 e. The summed E-state index contributed by atoms with van der Waals surface area (Å²) in [4.78, 5) is 11.3. The van der Waals surface area contributed by atoms with E-state index in [0.717, 1.165) is 0 Å². The summed E-state index contributed by atoms with van der Waals surface area (Å²) in [6.07, 6.45) is 2.78. The summed E-state index contributed by atoms with van der Waals surface area (Å²) in [5, 5.41) is 3.10. The quantitative estimate of drug-likeness (QED) is 0.690. The molecular formula is C10H18FNO. The van der Waals surface area contributed by atoms with E-state index in [1.54, 1.807) is 0 Å². The lowest BCUT2D eigenvalue weighted by molar-refractivity contribution is -0.120. The lowest BCUT2D eigenvalue weighted by atomic mass is 10.1. The van der Waals surface area contributed by atoms with Crippen LogP contribution in [-0.4, -0.2) is 17.9 Å². The molecule has 1 atom stereocenters. The van der Waals surface area contributed by atoms with Crippen molar-refractivity contribution >= 4 is 5.78 Å². The van der Waals surface area contributed by atoms with Crippen molar-refractivity contribution in [1.82, 2.24) is 5.32 Å². The molecule has 0 heterocycles. The van der Waals surface area contributed by atoms with Gasteiger partial charge in [0.1, 0.15) is 5.78 Å². The number of rotatable bonds is 6. The van der Waals surface area contributed by atoms with Crippen molar-refractivity contribution in [2.24, 2.45) is 0 Å². The first-order valence-corrected chi connectivity index (χ1v) is 4.65. The van der Waals surface area contributed by atoms with E-state index in [2.05, 4.69) is 5.32 Å². The first kappa shape index (κ1) is 12.3. The molecule has 0 aromatic rings. The topological polar surface area (TPSA) is 29.1 Å². The highest BCUT2D eigenvalue weighted by Crippen LogP contribution is 2.00. The maximum absolute atomic E-state index is 11.7. The fourth-order valence-corrected chi connectivity index (χ4v) is 1.13. The highest BCUT2D eigenvalue weighted by Gasteiger charge is 2.15. The minimum Gasteiger partial charge on any atom is -0.305 e. The first-order chi connectivity index (χ1) is 6.11. The number of carbonyl (C=O) groups is 1. The van der Waals surface area contributed by atoms with Gasteiger partial charge in [0.2, 0.25) is 0 Å². The maximum atomic E-state index is 11.7. The number of hydrogen-bond acceptors (Lipinski definition) is 2. The minimum absolute atomic E-state index is 0.131. The van der Waals surface area contributed by atoms with Gasteiger partial charge in [-0.3, -0.25) is 4.79 Å². The third kappa shape index (κ3) is 5.53. The van der Waals surface area contributed by atoms with Crippen LogP contribution in [0, 0.1) is 0 Å². The van der Waals surface area contributed by atoms with E-state index in [9.17, 15) is 9.18 Å². The molecule has 0 aliphatic heterocycles. The molecule has 0 fully saturated rings. The summed E-state index contributed by atoms with van der Waals surface area (Å²) in [7, 11) is 0. The third-order valence-electron chi connectivity index (χ3n) is 1.73. The summed E-state index contributed by atoms with van der Waals surface area (Å²) in [6, 6.07) is 0.00510. The van der Waals surface area contributed by atoms with E-state index < -0.39 is 0 Å². The molecule has 0 bridgehead atoms. The molecule has 0 aromatic carbocycles. The Morgan fingerprint density at radius 3 is 2.54 bits per heavy atom. The number of hydrogen-bond donors (Lipinski definition) is 1. The standard InChI is InChI=1S/C10H18FNO/c1-4-10(13)9(6-5-7-11)12-8(2)3/h5,7-9,12H,4,6H2,1-3H3/b7-5+. The molecule has 0 aliphatic rings. The van der Waals surface area contributed by atoms with E-state index in [1.807, 2.05) is 20.8 Å². The molecule has 0 amide bonds. The van der Waals surface area contributed by atoms with Crippen LogP contribution in [0.1, 0.15) is 33.6 Å². The fraction of sp³-hybridized carbons (Fsp3) is 0.700. The second-order valence-corrected chi connectivity index (χ2v) is 3.29. The maximum Gasteiger partial charge on any atom is 0.149 e. The van der Waals surface area contributed by atoms with Gasteiger partial charge in [-0.15, -0.1) is 0 Å². The Kier molecular flexibility index (Phi) is 6.41. The van der Waals surface area contributed by atoms with Crippen LogP contribution in [0.2, 0.25) is 0 Å². The third-order valence-corrected chi connectivity index (χ3v) is 1.73. The van der Waals surface area contributed by atoms with Crippen molar-refractivity contribution in [2.45, 2.75) is 45.7 Å². The largest absolute Gasteiger partial charge is 0.305 e. The summed E-state index contributed by atoms with van der Waals surface area (Å²) >= 11 is 0. The predicted octanol–water partition coefficient (Wildman–Crippen LogP) is 2.21. The Labute approximate surface area is 79.2 Å². The van der Waals surface area contributed by atoms with Crippen LogP contribution in [-0.2, 0) is 4.79 Å². The lowest BCUT2D eigenvalue weighted by Crippen LogP contribution is -2.40. The van der Waals surface area contributed by atoms with Gasteiger partial charge < -0.3 is 5.32 Å². The fourth-order valence-electron chi connectivity index (χ4n) is 1.13. The van der Waals surface area contributed by atoms with Crippen LogP contribution in [0.25, 0.3) is 0 Å². The van der Waals surface area contributed by atoms with Crippen LogP contribution < -0.4 is 5.32 Å². The van der Waals surface area contributed by atoms with Gasteiger partial charge in [-0.2, -0.15) is 0 Å².